The predicted molar refractivity (Wildman–Crippen MR) is 63.4 cm³/mol. The van der Waals surface area contributed by atoms with Crippen LogP contribution in [0.1, 0.15) is 47.8 Å². The average Bonchev–Trinajstić information content (AvgIpc) is 2.86. The van der Waals surface area contributed by atoms with Crippen molar-refractivity contribution in [2.45, 2.75) is 45.1 Å². The number of aryl methyl sites for hydroxylation is 1. The van der Waals surface area contributed by atoms with Gasteiger partial charge in [0.25, 0.3) is 5.91 Å². The van der Waals surface area contributed by atoms with Gasteiger partial charge in [0.05, 0.1) is 5.56 Å². The molecular weight excluding hydrogens is 206 g/mol. The van der Waals surface area contributed by atoms with E-state index >= 15 is 0 Å². The zero-order chi connectivity index (χ0) is 10.7. The van der Waals surface area contributed by atoms with Crippen molar-refractivity contribution in [3.63, 3.8) is 0 Å². The summed E-state index contributed by atoms with van der Waals surface area (Å²) in [7, 11) is 0. The molecule has 1 aliphatic rings. The summed E-state index contributed by atoms with van der Waals surface area (Å²) in [5, 5.41) is 5.06. The number of carbonyl (C=O) groups is 1. The Morgan fingerprint density at radius 3 is 2.87 bits per heavy atom. The summed E-state index contributed by atoms with van der Waals surface area (Å²) in [5.41, 5.74) is 0.837. The SMILES string of the molecule is CCc1cc(C(=O)NC2CCCC2)cs1. The second-order valence-corrected chi connectivity index (χ2v) is 5.11. The van der Waals surface area contributed by atoms with E-state index < -0.39 is 0 Å². The van der Waals surface area contributed by atoms with Crippen molar-refractivity contribution in [3.8, 4) is 0 Å². The monoisotopic (exact) mass is 223 g/mol. The first-order chi connectivity index (χ1) is 7.29. The molecule has 0 spiro atoms. The molecular formula is C12H17NOS. The first kappa shape index (κ1) is 10.7. The van der Waals surface area contributed by atoms with Gasteiger partial charge < -0.3 is 5.32 Å². The molecule has 1 aromatic heterocycles. The standard InChI is InChI=1S/C12H17NOS/c1-2-11-7-9(8-15-11)12(14)13-10-5-3-4-6-10/h7-8,10H,2-6H2,1H3,(H,13,14). The first-order valence-electron chi connectivity index (χ1n) is 5.68. The van der Waals surface area contributed by atoms with Crippen molar-refractivity contribution in [1.29, 1.82) is 0 Å². The van der Waals surface area contributed by atoms with Crippen LogP contribution in [-0.4, -0.2) is 11.9 Å². The number of carbonyl (C=O) groups excluding carboxylic acids is 1. The third kappa shape index (κ3) is 2.59. The molecule has 1 fully saturated rings. The van der Waals surface area contributed by atoms with E-state index in [9.17, 15) is 4.79 Å². The van der Waals surface area contributed by atoms with E-state index in [4.69, 9.17) is 0 Å². The highest BCUT2D eigenvalue weighted by Gasteiger charge is 2.18. The number of amides is 1. The van der Waals surface area contributed by atoms with Crippen molar-refractivity contribution in [2.24, 2.45) is 0 Å². The largest absolute Gasteiger partial charge is 0.349 e. The van der Waals surface area contributed by atoms with Gasteiger partial charge in [0.1, 0.15) is 0 Å². The summed E-state index contributed by atoms with van der Waals surface area (Å²) in [4.78, 5) is 13.1. The molecule has 82 valence electrons. The number of rotatable bonds is 3. The molecule has 2 rings (SSSR count). The Morgan fingerprint density at radius 1 is 1.53 bits per heavy atom. The minimum absolute atomic E-state index is 0.109. The van der Waals surface area contributed by atoms with E-state index in [1.165, 1.54) is 17.7 Å². The van der Waals surface area contributed by atoms with Gasteiger partial charge in [-0.05, 0) is 25.3 Å². The molecule has 0 saturated heterocycles. The minimum Gasteiger partial charge on any atom is -0.349 e. The van der Waals surface area contributed by atoms with Crippen molar-refractivity contribution in [2.75, 3.05) is 0 Å². The Hall–Kier alpha value is -0.830. The van der Waals surface area contributed by atoms with Gasteiger partial charge in [0, 0.05) is 16.3 Å². The van der Waals surface area contributed by atoms with Crippen molar-refractivity contribution in [1.82, 2.24) is 5.32 Å². The number of nitrogens with one attached hydrogen (secondary N) is 1. The zero-order valence-electron chi connectivity index (χ0n) is 9.08. The molecule has 0 aliphatic heterocycles. The van der Waals surface area contributed by atoms with Gasteiger partial charge in [-0.3, -0.25) is 4.79 Å². The maximum Gasteiger partial charge on any atom is 0.252 e. The fourth-order valence-corrected chi connectivity index (χ4v) is 2.84. The Labute approximate surface area is 94.7 Å². The van der Waals surface area contributed by atoms with Gasteiger partial charge >= 0.3 is 0 Å². The highest BCUT2D eigenvalue weighted by molar-refractivity contribution is 7.10. The second kappa shape index (κ2) is 4.79. The molecule has 2 nitrogen and oxygen atoms in total. The molecule has 1 saturated carbocycles. The van der Waals surface area contributed by atoms with Crippen LogP contribution in [0.5, 0.6) is 0 Å². The number of hydrogen-bond acceptors (Lipinski definition) is 2. The van der Waals surface area contributed by atoms with Gasteiger partial charge in [0.15, 0.2) is 0 Å². The second-order valence-electron chi connectivity index (χ2n) is 4.11. The Bertz CT molecular complexity index is 339. The number of thiophene rings is 1. The summed E-state index contributed by atoms with van der Waals surface area (Å²) in [6, 6.07) is 2.43. The summed E-state index contributed by atoms with van der Waals surface area (Å²) in [5.74, 6) is 0.109. The van der Waals surface area contributed by atoms with E-state index in [0.717, 1.165) is 24.8 Å². The molecule has 1 aromatic rings. The quantitative estimate of drug-likeness (QED) is 0.838. The highest BCUT2D eigenvalue weighted by Crippen LogP contribution is 2.19. The van der Waals surface area contributed by atoms with Crippen LogP contribution in [0, 0.1) is 0 Å². The molecule has 3 heteroatoms. The smallest absolute Gasteiger partial charge is 0.252 e. The van der Waals surface area contributed by atoms with E-state index in [2.05, 4.69) is 12.2 Å². The topological polar surface area (TPSA) is 29.1 Å². The van der Waals surface area contributed by atoms with Crippen LogP contribution in [0.3, 0.4) is 0 Å². The molecule has 15 heavy (non-hydrogen) atoms. The van der Waals surface area contributed by atoms with E-state index in [0.29, 0.717) is 6.04 Å². The van der Waals surface area contributed by atoms with Gasteiger partial charge in [-0.25, -0.2) is 0 Å². The lowest BCUT2D eigenvalue weighted by Gasteiger charge is -2.10. The fourth-order valence-electron chi connectivity index (χ4n) is 2.02. The molecule has 1 amide bonds. The third-order valence-corrected chi connectivity index (χ3v) is 4.04. The molecule has 0 aromatic carbocycles. The van der Waals surface area contributed by atoms with E-state index in [1.807, 2.05) is 11.4 Å². The third-order valence-electron chi connectivity index (χ3n) is 2.95. The van der Waals surface area contributed by atoms with Gasteiger partial charge in [0.2, 0.25) is 0 Å². The van der Waals surface area contributed by atoms with Crippen molar-refractivity contribution >= 4 is 17.2 Å². The highest BCUT2D eigenvalue weighted by atomic mass is 32.1. The van der Waals surface area contributed by atoms with E-state index in [1.54, 1.807) is 11.3 Å². The van der Waals surface area contributed by atoms with Gasteiger partial charge in [-0.15, -0.1) is 11.3 Å². The minimum atomic E-state index is 0.109. The maximum absolute atomic E-state index is 11.8. The normalized spacial score (nSPS) is 16.9. The molecule has 1 heterocycles. The Balaban J connectivity index is 1.94. The molecule has 0 unspecified atom stereocenters. The van der Waals surface area contributed by atoms with Crippen LogP contribution < -0.4 is 5.32 Å². The van der Waals surface area contributed by atoms with Crippen LogP contribution in [0.25, 0.3) is 0 Å². The van der Waals surface area contributed by atoms with Crippen molar-refractivity contribution < 1.29 is 4.79 Å². The van der Waals surface area contributed by atoms with Gasteiger partial charge in [-0.2, -0.15) is 0 Å². The predicted octanol–water partition coefficient (Wildman–Crippen LogP) is 2.98. The molecule has 0 atom stereocenters. The van der Waals surface area contributed by atoms with Crippen LogP contribution in [0.4, 0.5) is 0 Å². The zero-order valence-corrected chi connectivity index (χ0v) is 9.90. The van der Waals surface area contributed by atoms with Crippen LogP contribution >= 0.6 is 11.3 Å². The molecule has 0 bridgehead atoms. The lowest BCUT2D eigenvalue weighted by Crippen LogP contribution is -2.32. The molecule has 1 N–H and O–H groups in total. The Morgan fingerprint density at radius 2 is 2.27 bits per heavy atom. The number of hydrogen-bond donors (Lipinski definition) is 1. The van der Waals surface area contributed by atoms with Crippen LogP contribution in [-0.2, 0) is 6.42 Å². The van der Waals surface area contributed by atoms with Crippen LogP contribution in [0.2, 0.25) is 0 Å². The Kier molecular flexibility index (Phi) is 3.41. The fraction of sp³-hybridized carbons (Fsp3) is 0.583. The summed E-state index contributed by atoms with van der Waals surface area (Å²) in [6.07, 6.45) is 5.83. The van der Waals surface area contributed by atoms with Crippen molar-refractivity contribution in [3.05, 3.63) is 21.9 Å². The molecule has 0 radical (unpaired) electrons. The summed E-state index contributed by atoms with van der Waals surface area (Å²) in [6.45, 7) is 2.12. The lowest BCUT2D eigenvalue weighted by atomic mass is 10.2. The maximum atomic E-state index is 11.8. The van der Waals surface area contributed by atoms with E-state index in [-0.39, 0.29) is 5.91 Å². The van der Waals surface area contributed by atoms with Gasteiger partial charge in [-0.1, -0.05) is 19.8 Å². The average molecular weight is 223 g/mol. The summed E-state index contributed by atoms with van der Waals surface area (Å²) >= 11 is 1.67. The lowest BCUT2D eigenvalue weighted by molar-refractivity contribution is 0.0938. The molecule has 1 aliphatic carbocycles. The first-order valence-corrected chi connectivity index (χ1v) is 6.56. The van der Waals surface area contributed by atoms with Crippen LogP contribution in [0.15, 0.2) is 11.4 Å². The summed E-state index contributed by atoms with van der Waals surface area (Å²) < 4.78 is 0.